The zero-order valence-corrected chi connectivity index (χ0v) is 18.2. The predicted octanol–water partition coefficient (Wildman–Crippen LogP) is 3.48. The summed E-state index contributed by atoms with van der Waals surface area (Å²) in [5.74, 6) is 2.23. The fraction of sp³-hybridized carbons (Fsp3) is 0.455. The first-order valence-corrected chi connectivity index (χ1v) is 11.2. The van der Waals surface area contributed by atoms with Crippen molar-refractivity contribution in [2.45, 2.75) is 51.0 Å². The van der Waals surface area contributed by atoms with Crippen LogP contribution in [-0.4, -0.2) is 32.0 Å². The van der Waals surface area contributed by atoms with Crippen LogP contribution in [0.25, 0.3) is 5.52 Å². The Hall–Kier alpha value is -2.87. The number of aromatic nitrogens is 4. The highest BCUT2D eigenvalue weighted by Crippen LogP contribution is 2.42. The number of nitrogen functional groups attached to an aromatic ring is 1. The smallest absolute Gasteiger partial charge is 0.216 e. The maximum Gasteiger partial charge on any atom is 0.216 e. The molecule has 9 heteroatoms. The molecule has 1 amide bonds. The Morgan fingerprint density at radius 1 is 1.32 bits per heavy atom. The fourth-order valence-electron chi connectivity index (χ4n) is 4.93. The van der Waals surface area contributed by atoms with Gasteiger partial charge in [-0.2, -0.15) is 5.10 Å². The van der Waals surface area contributed by atoms with Gasteiger partial charge in [-0.25, -0.2) is 14.5 Å². The third-order valence-electron chi connectivity index (χ3n) is 6.54. The minimum absolute atomic E-state index is 0.0249. The molecule has 0 radical (unpaired) electrons. The predicted molar refractivity (Wildman–Crippen MR) is 120 cm³/mol. The number of para-hydroxylation sites is 1. The fourth-order valence-corrected chi connectivity index (χ4v) is 5.18. The maximum atomic E-state index is 11.2. The second-order valence-corrected chi connectivity index (χ2v) is 9.00. The van der Waals surface area contributed by atoms with Gasteiger partial charge in [-0.15, -0.1) is 0 Å². The van der Waals surface area contributed by atoms with Gasteiger partial charge in [0.05, 0.1) is 22.4 Å². The zero-order valence-electron chi connectivity index (χ0n) is 17.4. The van der Waals surface area contributed by atoms with Crippen LogP contribution < -0.4 is 16.4 Å². The molecule has 0 saturated heterocycles. The lowest BCUT2D eigenvalue weighted by Gasteiger charge is -2.27. The second kappa shape index (κ2) is 8.00. The van der Waals surface area contributed by atoms with Crippen molar-refractivity contribution in [2.75, 3.05) is 17.6 Å². The third kappa shape index (κ3) is 3.69. The number of nitrogens with zero attached hydrogens (tertiary/aromatic N) is 4. The van der Waals surface area contributed by atoms with E-state index in [1.54, 1.807) is 6.92 Å². The Morgan fingerprint density at radius 2 is 2.13 bits per heavy atom. The van der Waals surface area contributed by atoms with E-state index in [4.69, 9.17) is 22.3 Å². The van der Waals surface area contributed by atoms with Gasteiger partial charge in [0.25, 0.3) is 0 Å². The number of amides is 1. The van der Waals surface area contributed by atoms with E-state index in [0.717, 1.165) is 61.4 Å². The van der Waals surface area contributed by atoms with Crippen molar-refractivity contribution in [1.82, 2.24) is 24.9 Å². The molecule has 1 fully saturated rings. The van der Waals surface area contributed by atoms with Crippen LogP contribution in [0.3, 0.4) is 0 Å². The summed E-state index contributed by atoms with van der Waals surface area (Å²) in [4.78, 5) is 20.5. The molecule has 8 nitrogen and oxygen atoms in total. The zero-order chi connectivity index (χ0) is 21.5. The standard InChI is InChI=1S/C22H26ClN7O/c1-12(31)25-10-13-5-7-14(8-6-13)22-29-19(20-21(24)26-11-27-30(20)22)17-9-15-3-2-4-16(23)18(15)28-17/h2-4,11,13-14,17,28H,5-10H2,1H3,(H,25,31)(H2,24,26,27). The quantitative estimate of drug-likeness (QED) is 0.574. The van der Waals surface area contributed by atoms with Crippen molar-refractivity contribution in [2.24, 2.45) is 5.92 Å². The van der Waals surface area contributed by atoms with Gasteiger partial charge in [-0.1, -0.05) is 23.7 Å². The van der Waals surface area contributed by atoms with Gasteiger partial charge in [-0.3, -0.25) is 4.79 Å². The lowest BCUT2D eigenvalue weighted by molar-refractivity contribution is -0.119. The van der Waals surface area contributed by atoms with Gasteiger partial charge < -0.3 is 16.4 Å². The van der Waals surface area contributed by atoms with Crippen LogP contribution in [0.2, 0.25) is 5.02 Å². The SMILES string of the molecule is CC(=O)NCC1CCC(c2nc(C3Cc4cccc(Cl)c4N3)c3c(N)ncnn23)CC1. The Kier molecular flexibility index (Phi) is 5.17. The summed E-state index contributed by atoms with van der Waals surface area (Å²) in [7, 11) is 0. The average Bonchev–Trinajstić information content (AvgIpc) is 3.36. The molecule has 1 saturated carbocycles. The molecule has 0 spiro atoms. The molecule has 162 valence electrons. The Labute approximate surface area is 185 Å². The van der Waals surface area contributed by atoms with E-state index in [1.165, 1.54) is 11.9 Å². The molecule has 1 atom stereocenters. The summed E-state index contributed by atoms with van der Waals surface area (Å²) < 4.78 is 1.88. The Balaban J connectivity index is 1.43. The summed E-state index contributed by atoms with van der Waals surface area (Å²) >= 11 is 6.39. The molecule has 1 aromatic carbocycles. The van der Waals surface area contributed by atoms with Crippen LogP contribution in [0.4, 0.5) is 11.5 Å². The summed E-state index contributed by atoms with van der Waals surface area (Å²) in [6.45, 7) is 2.31. The van der Waals surface area contributed by atoms with Crippen molar-refractivity contribution >= 4 is 34.5 Å². The van der Waals surface area contributed by atoms with Crippen LogP contribution in [0.5, 0.6) is 0 Å². The van der Waals surface area contributed by atoms with E-state index in [-0.39, 0.29) is 11.9 Å². The van der Waals surface area contributed by atoms with E-state index < -0.39 is 0 Å². The number of carbonyl (C=O) groups excluding carboxylic acids is 1. The van der Waals surface area contributed by atoms with Gasteiger partial charge in [0.1, 0.15) is 17.7 Å². The molecule has 1 unspecified atom stereocenters. The number of nitrogens with one attached hydrogen (secondary N) is 2. The molecular formula is C22H26ClN7O. The van der Waals surface area contributed by atoms with E-state index >= 15 is 0 Å². The third-order valence-corrected chi connectivity index (χ3v) is 6.85. The van der Waals surface area contributed by atoms with Gasteiger partial charge in [0.2, 0.25) is 5.91 Å². The molecule has 1 aliphatic carbocycles. The summed E-state index contributed by atoms with van der Waals surface area (Å²) in [5.41, 5.74) is 10.1. The van der Waals surface area contributed by atoms with Crippen LogP contribution in [0.1, 0.15) is 61.6 Å². The first kappa shape index (κ1) is 20.1. The highest BCUT2D eigenvalue weighted by Gasteiger charge is 2.32. The van der Waals surface area contributed by atoms with Crippen molar-refractivity contribution in [3.8, 4) is 0 Å². The topological polar surface area (TPSA) is 110 Å². The first-order chi connectivity index (χ1) is 15.0. The van der Waals surface area contributed by atoms with Gasteiger partial charge >= 0.3 is 0 Å². The maximum absolute atomic E-state index is 11.2. The molecule has 4 N–H and O–H groups in total. The number of benzene rings is 1. The number of anilines is 2. The minimum Gasteiger partial charge on any atom is -0.382 e. The number of fused-ring (bicyclic) bond motifs is 2. The number of imidazole rings is 1. The molecule has 1 aliphatic heterocycles. The second-order valence-electron chi connectivity index (χ2n) is 8.59. The number of carbonyl (C=O) groups is 1. The summed E-state index contributed by atoms with van der Waals surface area (Å²) in [6.07, 6.45) is 6.41. The molecule has 2 aliphatic rings. The van der Waals surface area contributed by atoms with Crippen LogP contribution in [0, 0.1) is 5.92 Å². The van der Waals surface area contributed by atoms with Crippen LogP contribution in [-0.2, 0) is 11.2 Å². The number of nitrogens with two attached hydrogens (primary N) is 1. The largest absolute Gasteiger partial charge is 0.382 e. The van der Waals surface area contributed by atoms with Gasteiger partial charge in [-0.05, 0) is 43.2 Å². The molecule has 3 aromatic rings. The van der Waals surface area contributed by atoms with Crippen molar-refractivity contribution in [1.29, 1.82) is 0 Å². The van der Waals surface area contributed by atoms with Crippen molar-refractivity contribution < 1.29 is 4.79 Å². The van der Waals surface area contributed by atoms with Gasteiger partial charge in [0, 0.05) is 25.8 Å². The van der Waals surface area contributed by atoms with Crippen molar-refractivity contribution in [3.63, 3.8) is 0 Å². The number of hydrogen-bond donors (Lipinski definition) is 3. The molecule has 0 bridgehead atoms. The molecule has 31 heavy (non-hydrogen) atoms. The van der Waals surface area contributed by atoms with Crippen LogP contribution in [0.15, 0.2) is 24.5 Å². The molecular weight excluding hydrogens is 414 g/mol. The normalized spacial score (nSPS) is 22.8. The van der Waals surface area contributed by atoms with E-state index in [9.17, 15) is 4.79 Å². The van der Waals surface area contributed by atoms with E-state index in [2.05, 4.69) is 26.8 Å². The van der Waals surface area contributed by atoms with E-state index in [0.29, 0.717) is 22.7 Å². The molecule has 3 heterocycles. The van der Waals surface area contributed by atoms with Gasteiger partial charge in [0.15, 0.2) is 5.82 Å². The highest BCUT2D eigenvalue weighted by atomic mass is 35.5. The van der Waals surface area contributed by atoms with E-state index in [1.807, 2.05) is 16.6 Å². The highest BCUT2D eigenvalue weighted by molar-refractivity contribution is 6.33. The molecule has 2 aromatic heterocycles. The first-order valence-electron chi connectivity index (χ1n) is 10.8. The van der Waals surface area contributed by atoms with Crippen molar-refractivity contribution in [3.05, 3.63) is 46.6 Å². The Bertz CT molecular complexity index is 1140. The lowest BCUT2D eigenvalue weighted by atomic mass is 9.81. The summed E-state index contributed by atoms with van der Waals surface area (Å²) in [6, 6.07) is 5.93. The average molecular weight is 440 g/mol. The number of rotatable bonds is 4. The summed E-state index contributed by atoms with van der Waals surface area (Å²) in [5, 5.41) is 11.7. The number of halogens is 1. The molecule has 5 rings (SSSR count). The monoisotopic (exact) mass is 439 g/mol. The minimum atomic E-state index is -0.0249. The number of hydrogen-bond acceptors (Lipinski definition) is 6. The Morgan fingerprint density at radius 3 is 2.87 bits per heavy atom. The van der Waals surface area contributed by atoms with Crippen LogP contribution >= 0.6 is 11.6 Å². The lowest BCUT2D eigenvalue weighted by Crippen LogP contribution is -2.29.